The predicted octanol–water partition coefficient (Wildman–Crippen LogP) is 3.56. The van der Waals surface area contributed by atoms with Crippen LogP contribution in [0.15, 0.2) is 22.7 Å². The molecule has 0 spiro atoms. The van der Waals surface area contributed by atoms with Crippen LogP contribution in [0.1, 0.15) is 29.9 Å². The lowest BCUT2D eigenvalue weighted by molar-refractivity contribution is 0.634. The van der Waals surface area contributed by atoms with Crippen molar-refractivity contribution in [1.29, 1.82) is 0 Å². The molecule has 0 atom stereocenters. The van der Waals surface area contributed by atoms with Crippen molar-refractivity contribution in [2.24, 2.45) is 5.73 Å². The number of halogens is 1. The van der Waals surface area contributed by atoms with Crippen molar-refractivity contribution in [3.63, 3.8) is 0 Å². The number of thioether (sulfide) groups is 1. The molecular weight excluding hydrogens is 282 g/mol. The van der Waals surface area contributed by atoms with Crippen LogP contribution >= 0.6 is 27.7 Å². The monoisotopic (exact) mass is 299 g/mol. The highest BCUT2D eigenvalue weighted by molar-refractivity contribution is 9.10. The Bertz CT molecular complexity index is 348. The van der Waals surface area contributed by atoms with Gasteiger partial charge >= 0.3 is 0 Å². The van der Waals surface area contributed by atoms with E-state index in [9.17, 15) is 0 Å². The lowest BCUT2D eigenvalue weighted by atomic mass is 9.92. The zero-order valence-electron chi connectivity index (χ0n) is 9.42. The van der Waals surface area contributed by atoms with Crippen molar-refractivity contribution < 1.29 is 0 Å². The molecule has 3 heteroatoms. The average Bonchev–Trinajstić information content (AvgIpc) is 2.31. The molecular formula is C13H18BrNS. The molecule has 88 valence electrons. The van der Waals surface area contributed by atoms with Gasteiger partial charge in [-0.25, -0.2) is 0 Å². The minimum Gasteiger partial charge on any atom is -0.330 e. The van der Waals surface area contributed by atoms with E-state index in [1.165, 1.54) is 39.9 Å². The van der Waals surface area contributed by atoms with Crippen LogP contribution in [0, 0.1) is 0 Å². The molecule has 0 aliphatic carbocycles. The van der Waals surface area contributed by atoms with E-state index in [1.54, 1.807) is 0 Å². The number of nitrogens with two attached hydrogens (primary N) is 1. The lowest BCUT2D eigenvalue weighted by Crippen LogP contribution is -2.09. The number of rotatable bonds is 3. The number of benzene rings is 1. The third-order valence-corrected chi connectivity index (χ3v) is 4.89. The Balaban J connectivity index is 2.14. The minimum absolute atomic E-state index is 0.728. The van der Waals surface area contributed by atoms with Crippen LogP contribution in [0.4, 0.5) is 0 Å². The average molecular weight is 300 g/mol. The summed E-state index contributed by atoms with van der Waals surface area (Å²) in [6.45, 7) is 0.728. The predicted molar refractivity (Wildman–Crippen MR) is 76.2 cm³/mol. The Morgan fingerprint density at radius 1 is 1.31 bits per heavy atom. The Hall–Kier alpha value is 0.01000. The van der Waals surface area contributed by atoms with E-state index in [1.807, 2.05) is 0 Å². The molecule has 0 aromatic heterocycles. The third kappa shape index (κ3) is 3.02. The van der Waals surface area contributed by atoms with E-state index < -0.39 is 0 Å². The van der Waals surface area contributed by atoms with Crippen LogP contribution in [0.5, 0.6) is 0 Å². The van der Waals surface area contributed by atoms with Crippen molar-refractivity contribution in [3.05, 3.63) is 33.8 Å². The van der Waals surface area contributed by atoms with Crippen molar-refractivity contribution >= 4 is 27.7 Å². The van der Waals surface area contributed by atoms with Gasteiger partial charge in [-0.2, -0.15) is 11.8 Å². The second kappa shape index (κ2) is 6.08. The summed E-state index contributed by atoms with van der Waals surface area (Å²) in [5.41, 5.74) is 8.40. The maximum atomic E-state index is 5.57. The fourth-order valence-corrected chi connectivity index (χ4v) is 4.09. The molecule has 1 fully saturated rings. The minimum atomic E-state index is 0.728. The van der Waals surface area contributed by atoms with Crippen LogP contribution in [-0.4, -0.2) is 18.1 Å². The summed E-state index contributed by atoms with van der Waals surface area (Å²) < 4.78 is 1.27. The van der Waals surface area contributed by atoms with E-state index in [0.717, 1.165) is 18.9 Å². The van der Waals surface area contributed by atoms with Crippen LogP contribution in [0.25, 0.3) is 0 Å². The quantitative estimate of drug-likeness (QED) is 0.923. The molecule has 2 rings (SSSR count). The Morgan fingerprint density at radius 2 is 2.06 bits per heavy atom. The summed E-state index contributed by atoms with van der Waals surface area (Å²) >= 11 is 5.78. The van der Waals surface area contributed by atoms with Gasteiger partial charge < -0.3 is 5.73 Å². The molecule has 1 aromatic carbocycles. The zero-order chi connectivity index (χ0) is 11.4. The van der Waals surface area contributed by atoms with Crippen LogP contribution < -0.4 is 5.73 Å². The Kier molecular flexibility index (Phi) is 4.74. The van der Waals surface area contributed by atoms with Gasteiger partial charge in [-0.05, 0) is 60.4 Å². The van der Waals surface area contributed by atoms with E-state index in [2.05, 4.69) is 45.9 Å². The van der Waals surface area contributed by atoms with Gasteiger partial charge in [0.25, 0.3) is 0 Å². The molecule has 16 heavy (non-hydrogen) atoms. The van der Waals surface area contributed by atoms with Gasteiger partial charge in [-0.3, -0.25) is 0 Å². The number of hydrogen-bond donors (Lipinski definition) is 1. The van der Waals surface area contributed by atoms with E-state index >= 15 is 0 Å². The van der Waals surface area contributed by atoms with E-state index in [0.29, 0.717) is 0 Å². The normalized spacial score (nSPS) is 17.6. The van der Waals surface area contributed by atoms with E-state index in [4.69, 9.17) is 5.73 Å². The molecule has 0 unspecified atom stereocenters. The van der Waals surface area contributed by atoms with Crippen molar-refractivity contribution in [3.8, 4) is 0 Å². The molecule has 1 aromatic rings. The summed E-state index contributed by atoms with van der Waals surface area (Å²) in [6.07, 6.45) is 3.61. The van der Waals surface area contributed by atoms with Gasteiger partial charge in [-0.1, -0.05) is 28.1 Å². The maximum Gasteiger partial charge on any atom is 0.0212 e. The molecule has 0 saturated carbocycles. The van der Waals surface area contributed by atoms with E-state index in [-0.39, 0.29) is 0 Å². The summed E-state index contributed by atoms with van der Waals surface area (Å²) in [4.78, 5) is 0. The molecule has 0 bridgehead atoms. The topological polar surface area (TPSA) is 26.0 Å². The van der Waals surface area contributed by atoms with Gasteiger partial charge in [0, 0.05) is 4.47 Å². The van der Waals surface area contributed by atoms with Gasteiger partial charge in [0.05, 0.1) is 0 Å². The largest absolute Gasteiger partial charge is 0.330 e. The molecule has 1 aliphatic rings. The smallest absolute Gasteiger partial charge is 0.0212 e. The van der Waals surface area contributed by atoms with Crippen molar-refractivity contribution in [2.45, 2.75) is 25.2 Å². The van der Waals surface area contributed by atoms with Crippen LogP contribution in [0.2, 0.25) is 0 Å². The zero-order valence-corrected chi connectivity index (χ0v) is 11.8. The summed E-state index contributed by atoms with van der Waals surface area (Å²) in [7, 11) is 0. The molecule has 1 saturated heterocycles. The second-order valence-electron chi connectivity index (χ2n) is 4.28. The van der Waals surface area contributed by atoms with Crippen molar-refractivity contribution in [1.82, 2.24) is 0 Å². The maximum absolute atomic E-state index is 5.57. The first-order valence-corrected chi connectivity index (χ1v) is 7.82. The highest BCUT2D eigenvalue weighted by atomic mass is 79.9. The first kappa shape index (κ1) is 12.5. The first-order valence-electron chi connectivity index (χ1n) is 5.87. The van der Waals surface area contributed by atoms with Gasteiger partial charge in [0.15, 0.2) is 0 Å². The SMILES string of the molecule is NCCc1ccc(C2CCSCC2)c(Br)c1. The summed E-state index contributed by atoms with van der Waals surface area (Å²) in [5, 5.41) is 0. The second-order valence-corrected chi connectivity index (χ2v) is 6.36. The summed E-state index contributed by atoms with van der Waals surface area (Å²) in [6, 6.07) is 6.76. The molecule has 1 heterocycles. The third-order valence-electron chi connectivity index (χ3n) is 3.16. The molecule has 0 radical (unpaired) electrons. The Morgan fingerprint density at radius 3 is 2.69 bits per heavy atom. The Labute approximate surface area is 110 Å². The van der Waals surface area contributed by atoms with Crippen LogP contribution in [-0.2, 0) is 6.42 Å². The van der Waals surface area contributed by atoms with Gasteiger partial charge in [0.2, 0.25) is 0 Å². The highest BCUT2D eigenvalue weighted by Gasteiger charge is 2.17. The lowest BCUT2D eigenvalue weighted by Gasteiger charge is -2.23. The van der Waals surface area contributed by atoms with Gasteiger partial charge in [-0.15, -0.1) is 0 Å². The molecule has 1 aliphatic heterocycles. The standard InChI is InChI=1S/C13H18BrNS/c14-13-9-10(3-6-15)1-2-12(13)11-4-7-16-8-5-11/h1-2,9,11H,3-8,15H2. The molecule has 1 nitrogen and oxygen atoms in total. The van der Waals surface area contributed by atoms with Gasteiger partial charge in [0.1, 0.15) is 0 Å². The first-order chi connectivity index (χ1) is 7.81. The highest BCUT2D eigenvalue weighted by Crippen LogP contribution is 2.35. The summed E-state index contributed by atoms with van der Waals surface area (Å²) in [5.74, 6) is 3.37. The molecule has 2 N–H and O–H groups in total. The fourth-order valence-electron chi connectivity index (χ4n) is 2.23. The van der Waals surface area contributed by atoms with Crippen molar-refractivity contribution in [2.75, 3.05) is 18.1 Å². The molecule has 0 amide bonds. The number of hydrogen-bond acceptors (Lipinski definition) is 2. The van der Waals surface area contributed by atoms with Crippen LogP contribution in [0.3, 0.4) is 0 Å². The fraction of sp³-hybridized carbons (Fsp3) is 0.538.